The first kappa shape index (κ1) is 12.8. The zero-order valence-electron chi connectivity index (χ0n) is 10.9. The molecule has 6 nitrogen and oxygen atoms in total. The Morgan fingerprint density at radius 2 is 2.00 bits per heavy atom. The Balaban J connectivity index is 1.83. The lowest BCUT2D eigenvalue weighted by Crippen LogP contribution is -2.72. The van der Waals surface area contributed by atoms with Crippen molar-refractivity contribution in [3.05, 3.63) is 12.2 Å². The van der Waals surface area contributed by atoms with Gasteiger partial charge in [-0.3, -0.25) is 14.5 Å². The van der Waals surface area contributed by atoms with E-state index in [-0.39, 0.29) is 43.2 Å². The molecule has 2 amide bonds. The van der Waals surface area contributed by atoms with Crippen molar-refractivity contribution in [2.45, 2.75) is 37.7 Å². The standard InChI is InChI=1S/C13H17NO5/c1-13(2)11-8(5-15)18-6-7(12(11)19-13)14-9(16)3-4-10(14)17/h3-4,7-8,11-12,15H,5-6H2,1-2H3. The zero-order chi connectivity index (χ0) is 13.8. The molecular weight excluding hydrogens is 250 g/mol. The fourth-order valence-corrected chi connectivity index (χ4v) is 3.35. The molecule has 4 atom stereocenters. The highest BCUT2D eigenvalue weighted by Crippen LogP contribution is 2.47. The van der Waals surface area contributed by atoms with Crippen molar-refractivity contribution in [1.82, 2.24) is 4.90 Å². The minimum Gasteiger partial charge on any atom is -0.394 e. The Morgan fingerprint density at radius 3 is 2.53 bits per heavy atom. The van der Waals surface area contributed by atoms with E-state index < -0.39 is 11.6 Å². The van der Waals surface area contributed by atoms with E-state index in [0.29, 0.717) is 0 Å². The summed E-state index contributed by atoms with van der Waals surface area (Å²) in [6.45, 7) is 3.98. The molecule has 2 fully saturated rings. The first-order valence-corrected chi connectivity index (χ1v) is 6.41. The smallest absolute Gasteiger partial charge is 0.254 e. The van der Waals surface area contributed by atoms with Crippen molar-refractivity contribution in [2.75, 3.05) is 13.2 Å². The number of hydrogen-bond donors (Lipinski definition) is 1. The molecule has 0 bridgehead atoms. The second-order valence-corrected chi connectivity index (χ2v) is 5.71. The van der Waals surface area contributed by atoms with Crippen molar-refractivity contribution >= 4 is 11.8 Å². The zero-order valence-corrected chi connectivity index (χ0v) is 10.9. The van der Waals surface area contributed by atoms with Gasteiger partial charge < -0.3 is 14.6 Å². The molecule has 3 heterocycles. The van der Waals surface area contributed by atoms with Crippen molar-refractivity contribution in [3.8, 4) is 0 Å². The minimum absolute atomic E-state index is 0.0163. The fraction of sp³-hybridized carbons (Fsp3) is 0.692. The second-order valence-electron chi connectivity index (χ2n) is 5.71. The van der Waals surface area contributed by atoms with Gasteiger partial charge in [-0.05, 0) is 13.8 Å². The molecule has 104 valence electrons. The van der Waals surface area contributed by atoms with Crippen LogP contribution in [-0.4, -0.2) is 58.9 Å². The quantitative estimate of drug-likeness (QED) is 0.680. The van der Waals surface area contributed by atoms with Crippen molar-refractivity contribution < 1.29 is 24.2 Å². The molecule has 0 aliphatic carbocycles. The Morgan fingerprint density at radius 1 is 1.37 bits per heavy atom. The molecule has 19 heavy (non-hydrogen) atoms. The molecule has 1 N–H and O–H groups in total. The molecule has 4 unspecified atom stereocenters. The molecule has 6 heteroatoms. The van der Waals surface area contributed by atoms with E-state index in [9.17, 15) is 14.7 Å². The normalized spacial score (nSPS) is 40.3. The number of ether oxygens (including phenoxy) is 2. The van der Waals surface area contributed by atoms with Crippen LogP contribution < -0.4 is 0 Å². The lowest BCUT2D eigenvalue weighted by atomic mass is 9.71. The Bertz CT molecular complexity index is 440. The van der Waals surface area contributed by atoms with E-state index >= 15 is 0 Å². The summed E-state index contributed by atoms with van der Waals surface area (Å²) in [6.07, 6.45) is 1.97. The molecule has 3 aliphatic rings. The highest BCUT2D eigenvalue weighted by molar-refractivity contribution is 6.13. The van der Waals surface area contributed by atoms with Crippen LogP contribution >= 0.6 is 0 Å². The fourth-order valence-electron chi connectivity index (χ4n) is 3.35. The van der Waals surface area contributed by atoms with Gasteiger partial charge in [-0.15, -0.1) is 0 Å². The van der Waals surface area contributed by atoms with Crippen LogP contribution in [-0.2, 0) is 19.1 Å². The SMILES string of the molecule is CC1(C)OC2C(N3C(=O)C=CC3=O)COC(CO)C21. The van der Waals surface area contributed by atoms with Gasteiger partial charge in [-0.25, -0.2) is 0 Å². The third-order valence-corrected chi connectivity index (χ3v) is 4.21. The molecule has 3 rings (SSSR count). The van der Waals surface area contributed by atoms with E-state index in [4.69, 9.17) is 9.47 Å². The third kappa shape index (κ3) is 1.74. The molecule has 0 saturated carbocycles. The predicted molar refractivity (Wildman–Crippen MR) is 64.0 cm³/mol. The van der Waals surface area contributed by atoms with E-state index in [1.165, 1.54) is 17.1 Å². The number of aliphatic hydroxyl groups is 1. The van der Waals surface area contributed by atoms with Crippen molar-refractivity contribution in [1.29, 1.82) is 0 Å². The summed E-state index contributed by atoms with van der Waals surface area (Å²) < 4.78 is 11.4. The minimum atomic E-state index is -0.407. The van der Waals surface area contributed by atoms with E-state index in [0.717, 1.165) is 0 Å². The number of carbonyl (C=O) groups excluding carboxylic acids is 2. The number of rotatable bonds is 2. The summed E-state index contributed by atoms with van der Waals surface area (Å²) in [5.41, 5.74) is -0.407. The summed E-state index contributed by atoms with van der Waals surface area (Å²) in [4.78, 5) is 24.7. The van der Waals surface area contributed by atoms with Gasteiger partial charge in [0, 0.05) is 18.1 Å². The topological polar surface area (TPSA) is 76.1 Å². The average molecular weight is 267 g/mol. The van der Waals surface area contributed by atoms with Crippen LogP contribution in [0.15, 0.2) is 12.2 Å². The Hall–Kier alpha value is -1.24. The second kappa shape index (κ2) is 4.13. The van der Waals surface area contributed by atoms with Crippen LogP contribution in [0.1, 0.15) is 13.8 Å². The molecule has 0 aromatic heterocycles. The number of amides is 2. The van der Waals surface area contributed by atoms with E-state index in [1.54, 1.807) is 0 Å². The molecule has 2 saturated heterocycles. The number of fused-ring (bicyclic) bond motifs is 1. The van der Waals surface area contributed by atoms with Gasteiger partial charge in [-0.1, -0.05) is 0 Å². The largest absolute Gasteiger partial charge is 0.394 e. The highest BCUT2D eigenvalue weighted by atomic mass is 16.6. The van der Waals surface area contributed by atoms with Crippen LogP contribution in [0.3, 0.4) is 0 Å². The maximum atomic E-state index is 11.7. The lowest BCUT2D eigenvalue weighted by Gasteiger charge is -2.59. The van der Waals surface area contributed by atoms with Gasteiger partial charge in [0.2, 0.25) is 0 Å². The number of hydrogen-bond acceptors (Lipinski definition) is 5. The molecular formula is C13H17NO5. The summed E-state index contributed by atoms with van der Waals surface area (Å²) in [7, 11) is 0. The van der Waals surface area contributed by atoms with Gasteiger partial charge in [0.15, 0.2) is 0 Å². The molecule has 0 aromatic rings. The van der Waals surface area contributed by atoms with Gasteiger partial charge in [0.25, 0.3) is 11.8 Å². The molecule has 0 spiro atoms. The molecule has 3 aliphatic heterocycles. The number of aliphatic hydroxyl groups excluding tert-OH is 1. The average Bonchev–Trinajstić information content (AvgIpc) is 2.67. The van der Waals surface area contributed by atoms with E-state index in [2.05, 4.69) is 0 Å². The van der Waals surface area contributed by atoms with Crippen LogP contribution in [0.5, 0.6) is 0 Å². The first-order chi connectivity index (χ1) is 8.95. The number of carbonyl (C=O) groups is 2. The van der Waals surface area contributed by atoms with Gasteiger partial charge in [0.1, 0.15) is 0 Å². The summed E-state index contributed by atoms with van der Waals surface area (Å²) in [5, 5.41) is 9.36. The maximum Gasteiger partial charge on any atom is 0.254 e. The monoisotopic (exact) mass is 267 g/mol. The van der Waals surface area contributed by atoms with Crippen molar-refractivity contribution in [3.63, 3.8) is 0 Å². The highest BCUT2D eigenvalue weighted by Gasteiger charge is 2.60. The number of imide groups is 1. The van der Waals surface area contributed by atoms with Crippen LogP contribution in [0.25, 0.3) is 0 Å². The van der Waals surface area contributed by atoms with Gasteiger partial charge in [-0.2, -0.15) is 0 Å². The third-order valence-electron chi connectivity index (χ3n) is 4.21. The number of nitrogens with zero attached hydrogens (tertiary/aromatic N) is 1. The summed E-state index contributed by atoms with van der Waals surface area (Å²) >= 11 is 0. The van der Waals surface area contributed by atoms with Gasteiger partial charge >= 0.3 is 0 Å². The lowest BCUT2D eigenvalue weighted by molar-refractivity contribution is -0.321. The summed E-state index contributed by atoms with van der Waals surface area (Å²) in [6, 6.07) is -0.407. The first-order valence-electron chi connectivity index (χ1n) is 6.41. The predicted octanol–water partition coefficient (Wildman–Crippen LogP) is -0.535. The van der Waals surface area contributed by atoms with Gasteiger partial charge in [0.05, 0.1) is 37.1 Å². The Labute approximate surface area is 111 Å². The van der Waals surface area contributed by atoms with E-state index in [1.807, 2.05) is 13.8 Å². The van der Waals surface area contributed by atoms with Crippen LogP contribution in [0, 0.1) is 5.92 Å². The Kier molecular flexibility index (Phi) is 2.78. The van der Waals surface area contributed by atoms with Crippen LogP contribution in [0.2, 0.25) is 0 Å². The maximum absolute atomic E-state index is 11.7. The molecule has 0 radical (unpaired) electrons. The molecule has 0 aromatic carbocycles. The van der Waals surface area contributed by atoms with Crippen molar-refractivity contribution in [2.24, 2.45) is 5.92 Å². The van der Waals surface area contributed by atoms with Crippen LogP contribution in [0.4, 0.5) is 0 Å². The summed E-state index contributed by atoms with van der Waals surface area (Å²) in [5.74, 6) is -0.668.